The highest BCUT2D eigenvalue weighted by Crippen LogP contribution is 2.37. The number of piperidine rings is 1. The lowest BCUT2D eigenvalue weighted by atomic mass is 9.81. The highest BCUT2D eigenvalue weighted by atomic mass is 32.2. The summed E-state index contributed by atoms with van der Waals surface area (Å²) in [5, 5.41) is 4.06. The number of methoxy groups -OCH3 is 1. The Balaban J connectivity index is 1.40. The molecule has 0 unspecified atom stereocenters. The molecule has 3 heterocycles. The van der Waals surface area contributed by atoms with Gasteiger partial charge in [0.05, 0.1) is 47.4 Å². The van der Waals surface area contributed by atoms with E-state index in [0.717, 1.165) is 21.3 Å². The predicted octanol–water partition coefficient (Wildman–Crippen LogP) is 4.96. The van der Waals surface area contributed by atoms with Gasteiger partial charge in [-0.1, -0.05) is 32.0 Å². The molecule has 13 heteroatoms. The quantitative estimate of drug-likeness (QED) is 0.160. The normalized spacial score (nSPS) is 17.4. The first-order valence-electron chi connectivity index (χ1n) is 16.3. The summed E-state index contributed by atoms with van der Waals surface area (Å²) < 4.78 is 61.5. The number of rotatable bonds is 16. The van der Waals surface area contributed by atoms with E-state index in [-0.39, 0.29) is 42.0 Å². The average Bonchev–Trinajstić information content (AvgIpc) is 3.45. The first-order valence-corrected chi connectivity index (χ1v) is 18.6. The molecule has 0 radical (unpaired) electrons. The standard InChI is InChI=1S/C34H47FN4O6S2/c1-34(2)21-26-18-25(11-15-44-23-45-17-16-43-3)19-30(32(26)36-22-34)47(41,42)38-28(20-31-37-27-6-4-5-7-29(27)46-31)33(40)39-13-9-24(8-12-35)10-14-39/h4-7,18-19,24,28,36,38H,8-17,20-23H2,1-3H3/t28-/m0/s1. The number of halogens is 1. The maximum atomic E-state index is 14.3. The number of para-hydroxylation sites is 1. The van der Waals surface area contributed by atoms with Crippen molar-refractivity contribution in [2.24, 2.45) is 11.3 Å². The summed E-state index contributed by atoms with van der Waals surface area (Å²) in [7, 11) is -2.57. The number of likely N-dealkylation sites (tertiary alicyclic amines) is 1. The number of carbonyl (C=O) groups is 1. The number of fused-ring (bicyclic) bond motifs is 2. The molecule has 1 aromatic heterocycles. The van der Waals surface area contributed by atoms with E-state index in [4.69, 9.17) is 19.2 Å². The summed E-state index contributed by atoms with van der Waals surface area (Å²) in [6, 6.07) is 10.4. The van der Waals surface area contributed by atoms with Crippen molar-refractivity contribution in [3.63, 3.8) is 0 Å². The van der Waals surface area contributed by atoms with Crippen molar-refractivity contribution in [3.05, 3.63) is 52.5 Å². The second kappa shape index (κ2) is 16.1. The maximum Gasteiger partial charge on any atom is 0.243 e. The lowest BCUT2D eigenvalue weighted by Crippen LogP contribution is -2.51. The van der Waals surface area contributed by atoms with Gasteiger partial charge < -0.3 is 24.4 Å². The fourth-order valence-electron chi connectivity index (χ4n) is 6.28. The van der Waals surface area contributed by atoms with Crippen molar-refractivity contribution in [2.45, 2.75) is 63.3 Å². The number of ether oxygens (including phenoxy) is 3. The van der Waals surface area contributed by atoms with E-state index in [2.05, 4.69) is 23.9 Å². The van der Waals surface area contributed by atoms with Crippen LogP contribution in [-0.2, 0) is 48.3 Å². The number of nitrogens with one attached hydrogen (secondary N) is 2. The summed E-state index contributed by atoms with van der Waals surface area (Å²) in [6.07, 6.45) is 3.21. The largest absolute Gasteiger partial charge is 0.383 e. The second-order valence-corrected chi connectivity index (χ2v) is 16.0. The van der Waals surface area contributed by atoms with E-state index < -0.39 is 16.1 Å². The fraction of sp³-hybridized carbons (Fsp3) is 0.588. The van der Waals surface area contributed by atoms with E-state index in [1.807, 2.05) is 30.3 Å². The number of amides is 1. The number of anilines is 1. The molecule has 2 N–H and O–H groups in total. The first-order chi connectivity index (χ1) is 22.6. The fourth-order valence-corrected chi connectivity index (χ4v) is 8.75. The van der Waals surface area contributed by atoms with Crippen LogP contribution >= 0.6 is 11.3 Å². The smallest absolute Gasteiger partial charge is 0.243 e. The molecule has 0 spiro atoms. The first kappa shape index (κ1) is 35.6. The lowest BCUT2D eigenvalue weighted by Gasteiger charge is -2.35. The van der Waals surface area contributed by atoms with E-state index >= 15 is 0 Å². The van der Waals surface area contributed by atoms with Gasteiger partial charge in [-0.15, -0.1) is 11.3 Å². The third kappa shape index (κ3) is 9.48. The summed E-state index contributed by atoms with van der Waals surface area (Å²) in [5.41, 5.74) is 3.06. The molecule has 0 saturated carbocycles. The zero-order valence-corrected chi connectivity index (χ0v) is 29.2. The van der Waals surface area contributed by atoms with Crippen LogP contribution in [0.3, 0.4) is 0 Å². The highest BCUT2D eigenvalue weighted by molar-refractivity contribution is 7.89. The molecule has 2 aliphatic heterocycles. The van der Waals surface area contributed by atoms with Gasteiger partial charge in [0.2, 0.25) is 15.9 Å². The van der Waals surface area contributed by atoms with Crippen LogP contribution in [0.1, 0.15) is 49.2 Å². The van der Waals surface area contributed by atoms with E-state index in [0.29, 0.717) is 82.3 Å². The Morgan fingerprint density at radius 2 is 1.94 bits per heavy atom. The van der Waals surface area contributed by atoms with Crippen LogP contribution in [0, 0.1) is 11.3 Å². The van der Waals surface area contributed by atoms with Crippen LogP contribution in [0.4, 0.5) is 10.1 Å². The number of thiazole rings is 1. The van der Waals surface area contributed by atoms with Crippen molar-refractivity contribution < 1.29 is 31.8 Å². The van der Waals surface area contributed by atoms with Gasteiger partial charge in [-0.25, -0.2) is 13.4 Å². The molecule has 2 aromatic carbocycles. The van der Waals surface area contributed by atoms with E-state index in [9.17, 15) is 17.6 Å². The minimum atomic E-state index is -4.17. The zero-order valence-electron chi connectivity index (χ0n) is 27.6. The number of nitrogens with zero attached hydrogens (tertiary/aromatic N) is 2. The SMILES string of the molecule is COCCOCOCCc1cc2c(c(S(=O)(=O)N[C@@H](Cc3nc4ccccc4s3)C(=O)N3CCC(CCF)CC3)c1)NCC(C)(C)C2. The van der Waals surface area contributed by atoms with Crippen LogP contribution < -0.4 is 10.0 Å². The van der Waals surface area contributed by atoms with Crippen molar-refractivity contribution in [3.8, 4) is 0 Å². The van der Waals surface area contributed by atoms with Gasteiger partial charge in [0.25, 0.3) is 0 Å². The molecule has 0 aliphatic carbocycles. The molecular weight excluding hydrogens is 644 g/mol. The third-order valence-electron chi connectivity index (χ3n) is 8.84. The Morgan fingerprint density at radius 3 is 2.68 bits per heavy atom. The monoisotopic (exact) mass is 690 g/mol. The van der Waals surface area contributed by atoms with Crippen LogP contribution in [0.2, 0.25) is 0 Å². The van der Waals surface area contributed by atoms with Gasteiger partial charge >= 0.3 is 0 Å². The van der Waals surface area contributed by atoms with Gasteiger partial charge in [0.1, 0.15) is 17.7 Å². The highest BCUT2D eigenvalue weighted by Gasteiger charge is 2.35. The van der Waals surface area contributed by atoms with Crippen molar-refractivity contribution >= 4 is 43.2 Å². The predicted molar refractivity (Wildman–Crippen MR) is 182 cm³/mol. The zero-order chi connectivity index (χ0) is 33.4. The summed E-state index contributed by atoms with van der Waals surface area (Å²) in [6.45, 7) is 6.85. The Hall–Kier alpha value is -2.68. The molecular formula is C34H47FN4O6S2. The van der Waals surface area contributed by atoms with Crippen LogP contribution in [-0.4, -0.2) is 90.3 Å². The molecule has 0 bridgehead atoms. The molecule has 2 aliphatic rings. The third-order valence-corrected chi connectivity index (χ3v) is 11.4. The van der Waals surface area contributed by atoms with Crippen molar-refractivity contribution in [2.75, 3.05) is 65.3 Å². The molecule has 10 nitrogen and oxygen atoms in total. The number of benzene rings is 2. The molecule has 1 fully saturated rings. The van der Waals surface area contributed by atoms with Crippen LogP contribution in [0.15, 0.2) is 41.3 Å². The number of sulfonamides is 1. The van der Waals surface area contributed by atoms with Crippen LogP contribution in [0.25, 0.3) is 10.2 Å². The molecule has 1 atom stereocenters. The molecule has 5 rings (SSSR count). The summed E-state index contributed by atoms with van der Waals surface area (Å²) in [4.78, 5) is 20.6. The Kier molecular flexibility index (Phi) is 12.2. The minimum absolute atomic E-state index is 0.0641. The van der Waals surface area contributed by atoms with Crippen LogP contribution in [0.5, 0.6) is 0 Å². The minimum Gasteiger partial charge on any atom is -0.383 e. The molecule has 3 aromatic rings. The topological polar surface area (TPSA) is 119 Å². The molecule has 47 heavy (non-hydrogen) atoms. The van der Waals surface area contributed by atoms with Crippen molar-refractivity contribution in [1.29, 1.82) is 0 Å². The van der Waals surface area contributed by atoms with Crippen molar-refractivity contribution in [1.82, 2.24) is 14.6 Å². The maximum absolute atomic E-state index is 14.3. The Bertz CT molecular complexity index is 1570. The van der Waals surface area contributed by atoms with Gasteiger partial charge in [-0.3, -0.25) is 9.18 Å². The second-order valence-electron chi connectivity index (χ2n) is 13.2. The average molecular weight is 691 g/mol. The number of hydrogen-bond donors (Lipinski definition) is 2. The summed E-state index contributed by atoms with van der Waals surface area (Å²) in [5.74, 6) is -0.0542. The lowest BCUT2D eigenvalue weighted by molar-refractivity contribution is -0.134. The van der Waals surface area contributed by atoms with E-state index in [1.165, 1.54) is 11.3 Å². The Morgan fingerprint density at radius 1 is 1.17 bits per heavy atom. The number of carbonyl (C=O) groups excluding carboxylic acids is 1. The number of hydrogen-bond acceptors (Lipinski definition) is 9. The Labute approximate surface area is 281 Å². The van der Waals surface area contributed by atoms with E-state index in [1.54, 1.807) is 18.1 Å². The summed E-state index contributed by atoms with van der Waals surface area (Å²) >= 11 is 1.46. The number of aromatic nitrogens is 1. The molecule has 1 amide bonds. The van der Waals surface area contributed by atoms with Gasteiger partial charge in [0, 0.05) is 33.2 Å². The molecule has 1 saturated heterocycles. The van der Waals surface area contributed by atoms with Gasteiger partial charge in [0.15, 0.2) is 0 Å². The van der Waals surface area contributed by atoms with Gasteiger partial charge in [-0.2, -0.15) is 4.72 Å². The molecule has 258 valence electrons. The number of alkyl halides is 1. The van der Waals surface area contributed by atoms with Gasteiger partial charge in [-0.05, 0) is 72.8 Å².